The maximum absolute atomic E-state index is 11.1. The van der Waals surface area contributed by atoms with Gasteiger partial charge in [0.1, 0.15) is 5.75 Å². The molecule has 0 saturated heterocycles. The zero-order chi connectivity index (χ0) is 13.0. The lowest BCUT2D eigenvalue weighted by atomic mass is 9.94. The monoisotopic (exact) mass is 236 g/mol. The average Bonchev–Trinajstić information content (AvgIpc) is 2.24. The summed E-state index contributed by atoms with van der Waals surface area (Å²) in [7, 11) is 1.63. The van der Waals surface area contributed by atoms with Crippen LogP contribution in [0.3, 0.4) is 0 Å². The molecule has 0 amide bonds. The van der Waals surface area contributed by atoms with Gasteiger partial charge in [0.15, 0.2) is 0 Å². The average molecular weight is 236 g/mol. The number of ether oxygens (including phenoxy) is 1. The molecule has 0 bridgehead atoms. The summed E-state index contributed by atoms with van der Waals surface area (Å²) in [6.07, 6.45) is 1.16. The van der Waals surface area contributed by atoms with Crippen LogP contribution in [0.2, 0.25) is 0 Å². The lowest BCUT2D eigenvalue weighted by Crippen LogP contribution is -2.16. The summed E-state index contributed by atoms with van der Waals surface area (Å²) < 4.78 is 5.36. The van der Waals surface area contributed by atoms with Crippen molar-refractivity contribution >= 4 is 5.97 Å². The lowest BCUT2D eigenvalue weighted by molar-refractivity contribution is -0.141. The van der Waals surface area contributed by atoms with Gasteiger partial charge in [-0.2, -0.15) is 0 Å². The number of aliphatic carboxylic acids is 1. The molecule has 0 saturated carbocycles. The second-order valence-corrected chi connectivity index (χ2v) is 4.42. The second-order valence-electron chi connectivity index (χ2n) is 4.42. The van der Waals surface area contributed by atoms with Crippen molar-refractivity contribution in [1.82, 2.24) is 0 Å². The first-order chi connectivity index (χ1) is 7.99. The molecule has 1 N–H and O–H groups in total. The molecule has 0 radical (unpaired) electrons. The van der Waals surface area contributed by atoms with Gasteiger partial charge in [-0.25, -0.2) is 0 Å². The smallest absolute Gasteiger partial charge is 0.306 e. The van der Waals surface area contributed by atoms with Crippen molar-refractivity contribution in [2.75, 3.05) is 7.11 Å². The number of carbonyl (C=O) groups is 1. The van der Waals surface area contributed by atoms with E-state index in [1.54, 1.807) is 7.11 Å². The Morgan fingerprint density at radius 3 is 2.53 bits per heavy atom. The van der Waals surface area contributed by atoms with E-state index in [0.717, 1.165) is 22.4 Å². The molecule has 0 fully saturated rings. The van der Waals surface area contributed by atoms with Crippen LogP contribution in [0.1, 0.15) is 30.0 Å². The van der Waals surface area contributed by atoms with E-state index in [9.17, 15) is 4.79 Å². The van der Waals surface area contributed by atoms with Crippen LogP contribution in [0.25, 0.3) is 0 Å². The van der Waals surface area contributed by atoms with Crippen molar-refractivity contribution in [1.29, 1.82) is 0 Å². The number of methoxy groups -OCH3 is 1. The van der Waals surface area contributed by atoms with Gasteiger partial charge in [0.25, 0.3) is 0 Å². The molecule has 0 spiro atoms. The Balaban J connectivity index is 3.08. The molecule has 1 atom stereocenters. The minimum absolute atomic E-state index is 0.343. The van der Waals surface area contributed by atoms with Crippen molar-refractivity contribution in [2.24, 2.45) is 5.92 Å². The Bertz CT molecular complexity index is 410. The normalized spacial score (nSPS) is 12.2. The second kappa shape index (κ2) is 5.71. The molecule has 0 aromatic heterocycles. The van der Waals surface area contributed by atoms with Gasteiger partial charge in [-0.15, -0.1) is 0 Å². The van der Waals surface area contributed by atoms with E-state index in [1.807, 2.05) is 32.9 Å². The zero-order valence-corrected chi connectivity index (χ0v) is 10.9. The molecule has 1 aromatic carbocycles. The van der Waals surface area contributed by atoms with E-state index in [-0.39, 0.29) is 5.92 Å². The van der Waals surface area contributed by atoms with Gasteiger partial charge < -0.3 is 9.84 Å². The van der Waals surface area contributed by atoms with Crippen molar-refractivity contribution in [3.05, 3.63) is 28.8 Å². The van der Waals surface area contributed by atoms with Crippen LogP contribution in [-0.2, 0) is 11.2 Å². The Morgan fingerprint density at radius 1 is 1.41 bits per heavy atom. The summed E-state index contributed by atoms with van der Waals surface area (Å²) in [5, 5.41) is 9.10. The van der Waals surface area contributed by atoms with Gasteiger partial charge in [0.05, 0.1) is 13.0 Å². The predicted molar refractivity (Wildman–Crippen MR) is 67.6 cm³/mol. The van der Waals surface area contributed by atoms with Crippen LogP contribution in [0.4, 0.5) is 0 Å². The standard InChI is InChI=1S/C14H20O3/c1-5-11(14(15)16)8-12-7-9(2)6-10(3)13(12)17-4/h6-7,11H,5,8H2,1-4H3,(H,15,16). The number of rotatable bonds is 5. The molecule has 0 aliphatic carbocycles. The fourth-order valence-corrected chi connectivity index (χ4v) is 2.16. The summed E-state index contributed by atoms with van der Waals surface area (Å²) in [6.45, 7) is 5.89. The largest absolute Gasteiger partial charge is 0.496 e. The highest BCUT2D eigenvalue weighted by Gasteiger charge is 2.18. The van der Waals surface area contributed by atoms with Gasteiger partial charge in [-0.3, -0.25) is 4.79 Å². The number of hydrogen-bond acceptors (Lipinski definition) is 2. The Kier molecular flexibility index (Phi) is 4.55. The number of carboxylic acid groups (broad SMARTS) is 1. The summed E-state index contributed by atoms with van der Waals surface area (Å²) in [5.41, 5.74) is 3.18. The first kappa shape index (κ1) is 13.6. The minimum atomic E-state index is -0.742. The molecule has 1 aromatic rings. The number of benzene rings is 1. The van der Waals surface area contributed by atoms with E-state index < -0.39 is 5.97 Å². The minimum Gasteiger partial charge on any atom is -0.496 e. The first-order valence-corrected chi connectivity index (χ1v) is 5.86. The van der Waals surface area contributed by atoms with Crippen molar-refractivity contribution in [2.45, 2.75) is 33.6 Å². The van der Waals surface area contributed by atoms with Crippen LogP contribution in [0, 0.1) is 19.8 Å². The molecule has 3 heteroatoms. The SMILES string of the molecule is CCC(Cc1cc(C)cc(C)c1OC)C(=O)O. The Labute approximate surface area is 102 Å². The molecule has 1 rings (SSSR count). The quantitative estimate of drug-likeness (QED) is 0.855. The van der Waals surface area contributed by atoms with E-state index >= 15 is 0 Å². The van der Waals surface area contributed by atoms with Crippen LogP contribution in [0.5, 0.6) is 5.75 Å². The molecule has 0 aliphatic heterocycles. The molecule has 0 aliphatic rings. The van der Waals surface area contributed by atoms with Crippen molar-refractivity contribution < 1.29 is 14.6 Å². The van der Waals surface area contributed by atoms with E-state index in [1.165, 1.54) is 0 Å². The number of carboxylic acids is 1. The first-order valence-electron chi connectivity index (χ1n) is 5.86. The molecule has 17 heavy (non-hydrogen) atoms. The molecule has 3 nitrogen and oxygen atoms in total. The summed E-state index contributed by atoms with van der Waals surface area (Å²) in [4.78, 5) is 11.1. The maximum atomic E-state index is 11.1. The molecule has 0 heterocycles. The fourth-order valence-electron chi connectivity index (χ4n) is 2.16. The van der Waals surface area contributed by atoms with Gasteiger partial charge >= 0.3 is 5.97 Å². The third-order valence-electron chi connectivity index (χ3n) is 3.01. The fraction of sp³-hybridized carbons (Fsp3) is 0.500. The molecular formula is C14H20O3. The van der Waals surface area contributed by atoms with Gasteiger partial charge in [-0.05, 0) is 37.8 Å². The van der Waals surface area contributed by atoms with Crippen LogP contribution in [-0.4, -0.2) is 18.2 Å². The number of aryl methyl sites for hydroxylation is 2. The summed E-state index contributed by atoms with van der Waals surface area (Å²) in [5.74, 6) is -0.269. The Hall–Kier alpha value is -1.51. The lowest BCUT2D eigenvalue weighted by Gasteiger charge is -2.15. The Morgan fingerprint density at radius 2 is 2.06 bits per heavy atom. The predicted octanol–water partition coefficient (Wildman–Crippen LogP) is 2.97. The van der Waals surface area contributed by atoms with Crippen molar-refractivity contribution in [3.8, 4) is 5.75 Å². The molecular weight excluding hydrogens is 216 g/mol. The van der Waals surface area contributed by atoms with Gasteiger partial charge in [-0.1, -0.05) is 24.6 Å². The number of hydrogen-bond donors (Lipinski definition) is 1. The van der Waals surface area contributed by atoms with Crippen molar-refractivity contribution in [3.63, 3.8) is 0 Å². The maximum Gasteiger partial charge on any atom is 0.306 e. The van der Waals surface area contributed by atoms with Gasteiger partial charge in [0.2, 0.25) is 0 Å². The summed E-state index contributed by atoms with van der Waals surface area (Å²) in [6, 6.07) is 4.06. The van der Waals surface area contributed by atoms with E-state index in [4.69, 9.17) is 9.84 Å². The van der Waals surface area contributed by atoms with Crippen LogP contribution in [0.15, 0.2) is 12.1 Å². The highest BCUT2D eigenvalue weighted by atomic mass is 16.5. The highest BCUT2D eigenvalue weighted by Crippen LogP contribution is 2.28. The topological polar surface area (TPSA) is 46.5 Å². The molecule has 94 valence electrons. The van der Waals surface area contributed by atoms with Crippen LogP contribution < -0.4 is 4.74 Å². The van der Waals surface area contributed by atoms with E-state index in [2.05, 4.69) is 0 Å². The van der Waals surface area contributed by atoms with E-state index in [0.29, 0.717) is 12.8 Å². The zero-order valence-electron chi connectivity index (χ0n) is 10.9. The highest BCUT2D eigenvalue weighted by molar-refractivity contribution is 5.70. The summed E-state index contributed by atoms with van der Waals surface area (Å²) >= 11 is 0. The van der Waals surface area contributed by atoms with Gasteiger partial charge in [0, 0.05) is 0 Å². The van der Waals surface area contributed by atoms with Crippen LogP contribution >= 0.6 is 0 Å². The molecule has 1 unspecified atom stereocenters. The third-order valence-corrected chi connectivity index (χ3v) is 3.01. The third kappa shape index (κ3) is 3.22.